The molecule has 172 valence electrons. The Labute approximate surface area is 172 Å². The summed E-state index contributed by atoms with van der Waals surface area (Å²) in [5.74, 6) is -2.76. The molecule has 3 rings (SSSR count). The number of sulfonamides is 1. The van der Waals surface area contributed by atoms with Gasteiger partial charge in [-0.1, -0.05) is 5.21 Å². The summed E-state index contributed by atoms with van der Waals surface area (Å²) in [6.07, 6.45) is -2.74. The van der Waals surface area contributed by atoms with Crippen LogP contribution in [0.2, 0.25) is 0 Å². The van der Waals surface area contributed by atoms with E-state index < -0.39 is 22.2 Å². The van der Waals surface area contributed by atoms with Crippen molar-refractivity contribution in [2.75, 3.05) is 33.8 Å². The van der Waals surface area contributed by atoms with Gasteiger partial charge in [0.25, 0.3) is 0 Å². The van der Waals surface area contributed by atoms with E-state index in [1.165, 1.54) is 0 Å². The molecule has 1 fully saturated rings. The summed E-state index contributed by atoms with van der Waals surface area (Å²) in [6, 6.07) is 0. The number of alkyl halides is 3. The Morgan fingerprint density at radius 3 is 2.47 bits per heavy atom. The maximum absolute atomic E-state index is 12.5. The van der Waals surface area contributed by atoms with Crippen LogP contribution < -0.4 is 0 Å². The first kappa shape index (κ1) is 24.5. The number of carboxylic acids is 1. The minimum Gasteiger partial charge on any atom is -0.475 e. The van der Waals surface area contributed by atoms with Crippen LogP contribution in [0.5, 0.6) is 0 Å². The minimum absolute atomic E-state index is 0.176. The van der Waals surface area contributed by atoms with Gasteiger partial charge < -0.3 is 14.7 Å². The molecular weight excluding hydrogens is 431 g/mol. The number of likely N-dealkylation sites (N-methyl/N-ethyl adjacent to an activating group) is 1. The highest BCUT2D eigenvalue weighted by Crippen LogP contribution is 2.32. The molecule has 0 unspecified atom stereocenters. The molecule has 0 radical (unpaired) electrons. The summed E-state index contributed by atoms with van der Waals surface area (Å²) < 4.78 is 65.9. The lowest BCUT2D eigenvalue weighted by Crippen LogP contribution is -2.33. The first-order valence-electron chi connectivity index (χ1n) is 9.35. The normalized spacial score (nSPS) is 17.8. The number of aromatic nitrogens is 3. The Hall–Kier alpha value is -1.77. The molecule has 0 amide bonds. The van der Waals surface area contributed by atoms with Crippen molar-refractivity contribution in [3.05, 3.63) is 11.4 Å². The van der Waals surface area contributed by atoms with Crippen LogP contribution in [0.15, 0.2) is 0 Å². The van der Waals surface area contributed by atoms with E-state index in [2.05, 4.69) is 15.2 Å². The Bertz CT molecular complexity index is 824. The van der Waals surface area contributed by atoms with Gasteiger partial charge in [0.1, 0.15) is 5.69 Å². The van der Waals surface area contributed by atoms with Crippen molar-refractivity contribution in [1.29, 1.82) is 0 Å². The van der Waals surface area contributed by atoms with Crippen molar-refractivity contribution in [3.63, 3.8) is 0 Å². The highest BCUT2D eigenvalue weighted by atomic mass is 32.2. The van der Waals surface area contributed by atoms with Crippen LogP contribution in [0.1, 0.15) is 30.7 Å². The van der Waals surface area contributed by atoms with Gasteiger partial charge in [0.15, 0.2) is 0 Å². The molecule has 1 N–H and O–H groups in total. The third-order valence-corrected chi connectivity index (χ3v) is 6.84. The first-order valence-corrected chi connectivity index (χ1v) is 10.9. The van der Waals surface area contributed by atoms with Gasteiger partial charge in [-0.25, -0.2) is 17.9 Å². The second-order valence-corrected chi connectivity index (χ2v) is 9.51. The molecular formula is C16H26F3N5O5S. The van der Waals surface area contributed by atoms with Crippen LogP contribution in [-0.2, 0) is 39.3 Å². The predicted octanol–water partition coefficient (Wildman–Crippen LogP) is 0.688. The van der Waals surface area contributed by atoms with Crippen LogP contribution >= 0.6 is 0 Å². The van der Waals surface area contributed by atoms with E-state index in [1.54, 1.807) is 4.31 Å². The maximum atomic E-state index is 12.5. The molecule has 30 heavy (non-hydrogen) atoms. The predicted molar refractivity (Wildman–Crippen MR) is 98.9 cm³/mol. The number of carbonyl (C=O) groups is 1. The van der Waals surface area contributed by atoms with Gasteiger partial charge in [0.2, 0.25) is 10.0 Å². The molecule has 1 saturated carbocycles. The molecule has 10 nitrogen and oxygen atoms in total. The van der Waals surface area contributed by atoms with Gasteiger partial charge in [-0.05, 0) is 33.4 Å². The van der Waals surface area contributed by atoms with E-state index in [-0.39, 0.29) is 5.25 Å². The molecule has 1 aliphatic carbocycles. The van der Waals surface area contributed by atoms with Crippen LogP contribution in [-0.4, -0.2) is 88.9 Å². The van der Waals surface area contributed by atoms with Gasteiger partial charge >= 0.3 is 12.1 Å². The standard InChI is InChI=1S/C14H25N5O3S.C2HF3O2/c1-17(2)8-9-22-11-13-14-10-18(23(20,21)12-4-5-12)6-3-7-19(14)16-15-13;3-2(4,5)1(6)7/h12H,3-11H2,1-2H3;(H,6,7). The number of aryl methyl sites for hydroxylation is 1. The fraction of sp³-hybridized carbons (Fsp3) is 0.812. The van der Waals surface area contributed by atoms with Gasteiger partial charge in [-0.15, -0.1) is 5.10 Å². The minimum atomic E-state index is -5.08. The maximum Gasteiger partial charge on any atom is 0.490 e. The Morgan fingerprint density at radius 1 is 1.30 bits per heavy atom. The van der Waals surface area contributed by atoms with Crippen molar-refractivity contribution in [2.45, 2.75) is 50.4 Å². The van der Waals surface area contributed by atoms with Crippen molar-refractivity contribution in [2.24, 2.45) is 0 Å². The van der Waals surface area contributed by atoms with Crippen molar-refractivity contribution in [1.82, 2.24) is 24.2 Å². The Kier molecular flexibility index (Phi) is 8.19. The Balaban J connectivity index is 0.000000396. The van der Waals surface area contributed by atoms with E-state index in [4.69, 9.17) is 14.6 Å². The molecule has 0 atom stereocenters. The number of nitrogens with zero attached hydrogens (tertiary/aromatic N) is 5. The van der Waals surface area contributed by atoms with Gasteiger partial charge in [0.05, 0.1) is 30.7 Å². The number of fused-ring (bicyclic) bond motifs is 1. The largest absolute Gasteiger partial charge is 0.490 e. The van der Waals surface area contributed by atoms with Crippen molar-refractivity contribution >= 4 is 16.0 Å². The van der Waals surface area contributed by atoms with E-state index in [9.17, 15) is 21.6 Å². The van der Waals surface area contributed by atoms with E-state index in [1.807, 2.05) is 18.8 Å². The van der Waals surface area contributed by atoms with E-state index >= 15 is 0 Å². The first-order chi connectivity index (χ1) is 13.9. The zero-order valence-electron chi connectivity index (χ0n) is 16.8. The summed E-state index contributed by atoms with van der Waals surface area (Å²) in [5.41, 5.74) is 1.62. The SMILES string of the molecule is CN(C)CCOCc1nnn2c1CN(S(=O)(=O)C1CC1)CCC2.O=C(O)C(F)(F)F. The molecule has 1 aliphatic heterocycles. The molecule has 2 heterocycles. The number of rotatable bonds is 7. The highest BCUT2D eigenvalue weighted by molar-refractivity contribution is 7.90. The topological polar surface area (TPSA) is 118 Å². The second kappa shape index (κ2) is 10.0. The summed E-state index contributed by atoms with van der Waals surface area (Å²) in [7, 11) is 0.819. The average molecular weight is 457 g/mol. The molecule has 0 saturated heterocycles. The summed E-state index contributed by atoms with van der Waals surface area (Å²) >= 11 is 0. The lowest BCUT2D eigenvalue weighted by atomic mass is 10.3. The molecule has 2 aliphatic rings. The summed E-state index contributed by atoms with van der Waals surface area (Å²) in [4.78, 5) is 10.9. The van der Waals surface area contributed by atoms with E-state index in [0.29, 0.717) is 32.8 Å². The number of ether oxygens (including phenoxy) is 1. The number of hydrogen-bond acceptors (Lipinski definition) is 7. The fourth-order valence-corrected chi connectivity index (χ4v) is 4.53. The lowest BCUT2D eigenvalue weighted by Gasteiger charge is -2.19. The molecule has 0 spiro atoms. The zero-order chi connectivity index (χ0) is 22.5. The van der Waals surface area contributed by atoms with Crippen molar-refractivity contribution < 1.29 is 36.2 Å². The number of aliphatic carboxylic acids is 1. The molecule has 0 aromatic carbocycles. The van der Waals surface area contributed by atoms with Crippen LogP contribution in [0.25, 0.3) is 0 Å². The van der Waals surface area contributed by atoms with Crippen LogP contribution in [0, 0.1) is 0 Å². The number of hydrogen-bond donors (Lipinski definition) is 1. The molecule has 14 heteroatoms. The lowest BCUT2D eigenvalue weighted by molar-refractivity contribution is -0.192. The number of carboxylic acid groups (broad SMARTS) is 1. The zero-order valence-corrected chi connectivity index (χ0v) is 17.6. The quantitative estimate of drug-likeness (QED) is 0.594. The van der Waals surface area contributed by atoms with Crippen molar-refractivity contribution in [3.8, 4) is 0 Å². The smallest absolute Gasteiger partial charge is 0.475 e. The van der Waals surface area contributed by atoms with Crippen LogP contribution in [0.4, 0.5) is 13.2 Å². The molecule has 1 aromatic rings. The molecule has 0 bridgehead atoms. The van der Waals surface area contributed by atoms with Gasteiger partial charge in [-0.2, -0.15) is 17.5 Å². The van der Waals surface area contributed by atoms with Gasteiger partial charge in [0, 0.05) is 19.6 Å². The number of halogens is 3. The molecule has 1 aromatic heterocycles. The summed E-state index contributed by atoms with van der Waals surface area (Å²) in [5, 5.41) is 15.3. The fourth-order valence-electron chi connectivity index (χ4n) is 2.69. The second-order valence-electron chi connectivity index (χ2n) is 7.30. The Morgan fingerprint density at radius 2 is 1.93 bits per heavy atom. The average Bonchev–Trinajstić information content (AvgIpc) is 3.45. The third-order valence-electron chi connectivity index (χ3n) is 4.49. The monoisotopic (exact) mass is 457 g/mol. The third kappa shape index (κ3) is 6.89. The van der Waals surface area contributed by atoms with Gasteiger partial charge in [-0.3, -0.25) is 0 Å². The van der Waals surface area contributed by atoms with E-state index in [0.717, 1.165) is 37.2 Å². The highest BCUT2D eigenvalue weighted by Gasteiger charge is 2.41. The van der Waals surface area contributed by atoms with Crippen LogP contribution in [0.3, 0.4) is 0 Å². The summed E-state index contributed by atoms with van der Waals surface area (Å²) in [6.45, 7) is 3.45.